The fourth-order valence-corrected chi connectivity index (χ4v) is 2.28. The third kappa shape index (κ3) is 3.99. The minimum absolute atomic E-state index is 0.177. The quantitative estimate of drug-likeness (QED) is 0.694. The highest BCUT2D eigenvalue weighted by molar-refractivity contribution is 6.30. The van der Waals surface area contributed by atoms with Crippen LogP contribution in [-0.2, 0) is 6.54 Å². The molecule has 124 valence electrons. The Kier molecular flexibility index (Phi) is 4.90. The third-order valence-corrected chi connectivity index (χ3v) is 3.52. The van der Waals surface area contributed by atoms with Gasteiger partial charge in [0.05, 0.1) is 11.2 Å². The van der Waals surface area contributed by atoms with Crippen LogP contribution >= 0.6 is 11.6 Å². The monoisotopic (exact) mass is 348 g/mol. The summed E-state index contributed by atoms with van der Waals surface area (Å²) in [5.74, 6) is -0.258. The number of halogens is 2. The van der Waals surface area contributed by atoms with Gasteiger partial charge in [-0.25, -0.2) is 4.39 Å². The van der Waals surface area contributed by atoms with Crippen LogP contribution in [0, 0.1) is 5.82 Å². The Morgan fingerprint density at radius 2 is 2.12 bits per heavy atom. The predicted molar refractivity (Wildman–Crippen MR) is 86.1 cm³/mol. The van der Waals surface area contributed by atoms with E-state index in [1.807, 2.05) is 0 Å². The zero-order valence-electron chi connectivity index (χ0n) is 12.6. The molecule has 3 rings (SSSR count). The van der Waals surface area contributed by atoms with Crippen LogP contribution in [0.3, 0.4) is 0 Å². The number of rotatable bonds is 6. The van der Waals surface area contributed by atoms with E-state index in [9.17, 15) is 9.18 Å². The van der Waals surface area contributed by atoms with Gasteiger partial charge in [0.2, 0.25) is 0 Å². The van der Waals surface area contributed by atoms with Gasteiger partial charge < -0.3 is 9.84 Å². The molecule has 0 aliphatic rings. The molecule has 1 aromatic carbocycles. The molecule has 2 heterocycles. The number of nitrogens with zero attached hydrogens (tertiary/aromatic N) is 3. The Labute approximate surface area is 142 Å². The summed E-state index contributed by atoms with van der Waals surface area (Å²) < 4.78 is 19.7. The summed E-state index contributed by atoms with van der Waals surface area (Å²) in [6, 6.07) is 7.29. The number of aromatic nitrogens is 3. The minimum atomic E-state index is -0.338. The SMILES string of the molecule is O=C(NCCCn1cc(Cl)cn1)c1cc(-c2ccc(F)cc2)on1. The number of carbonyl (C=O) groups is 1. The molecule has 0 unspecified atom stereocenters. The van der Waals surface area contributed by atoms with E-state index in [2.05, 4.69) is 15.6 Å². The van der Waals surface area contributed by atoms with Gasteiger partial charge in [-0.1, -0.05) is 16.8 Å². The molecular weight excluding hydrogens is 335 g/mol. The highest BCUT2D eigenvalue weighted by atomic mass is 35.5. The molecule has 1 N–H and O–H groups in total. The molecule has 0 fully saturated rings. The van der Waals surface area contributed by atoms with E-state index >= 15 is 0 Å². The van der Waals surface area contributed by atoms with E-state index in [0.717, 1.165) is 0 Å². The highest BCUT2D eigenvalue weighted by Crippen LogP contribution is 2.20. The summed E-state index contributed by atoms with van der Waals surface area (Å²) in [4.78, 5) is 12.0. The molecule has 24 heavy (non-hydrogen) atoms. The molecule has 0 radical (unpaired) electrons. The molecule has 0 spiro atoms. The van der Waals surface area contributed by atoms with Crippen molar-refractivity contribution in [2.45, 2.75) is 13.0 Å². The molecule has 8 heteroatoms. The molecule has 3 aromatic rings. The smallest absolute Gasteiger partial charge is 0.273 e. The summed E-state index contributed by atoms with van der Waals surface area (Å²) in [5, 5.41) is 11.1. The number of benzene rings is 1. The van der Waals surface area contributed by atoms with Gasteiger partial charge in [-0.05, 0) is 30.7 Å². The Hall–Kier alpha value is -2.67. The van der Waals surface area contributed by atoms with Crippen LogP contribution in [0.2, 0.25) is 5.02 Å². The van der Waals surface area contributed by atoms with Crippen molar-refractivity contribution in [3.8, 4) is 11.3 Å². The lowest BCUT2D eigenvalue weighted by Gasteiger charge is -2.03. The van der Waals surface area contributed by atoms with Crippen molar-refractivity contribution in [1.82, 2.24) is 20.3 Å². The first-order chi connectivity index (χ1) is 11.6. The van der Waals surface area contributed by atoms with Gasteiger partial charge in [0.15, 0.2) is 11.5 Å². The molecule has 0 saturated carbocycles. The Morgan fingerprint density at radius 1 is 1.33 bits per heavy atom. The molecule has 6 nitrogen and oxygen atoms in total. The first-order valence-corrected chi connectivity index (χ1v) is 7.68. The normalized spacial score (nSPS) is 10.8. The minimum Gasteiger partial charge on any atom is -0.355 e. The Bertz CT molecular complexity index is 829. The van der Waals surface area contributed by atoms with Gasteiger partial charge in [0.1, 0.15) is 5.82 Å². The zero-order valence-corrected chi connectivity index (χ0v) is 13.3. The van der Waals surface area contributed by atoms with Crippen molar-refractivity contribution in [3.63, 3.8) is 0 Å². The summed E-state index contributed by atoms with van der Waals surface area (Å²) in [6.45, 7) is 1.11. The maximum absolute atomic E-state index is 12.9. The van der Waals surface area contributed by atoms with Crippen LogP contribution in [0.1, 0.15) is 16.9 Å². The van der Waals surface area contributed by atoms with E-state index in [-0.39, 0.29) is 17.4 Å². The Morgan fingerprint density at radius 3 is 2.83 bits per heavy atom. The molecule has 1 amide bonds. The van der Waals surface area contributed by atoms with Crippen LogP contribution in [0.4, 0.5) is 4.39 Å². The van der Waals surface area contributed by atoms with Gasteiger partial charge in [0, 0.05) is 30.9 Å². The van der Waals surface area contributed by atoms with Crippen LogP contribution < -0.4 is 5.32 Å². The van der Waals surface area contributed by atoms with Crippen LogP contribution in [0.15, 0.2) is 47.2 Å². The van der Waals surface area contributed by atoms with Gasteiger partial charge in [-0.3, -0.25) is 9.48 Å². The molecule has 2 aromatic heterocycles. The number of carbonyl (C=O) groups excluding carboxylic acids is 1. The van der Waals surface area contributed by atoms with Crippen LogP contribution in [-0.4, -0.2) is 27.4 Å². The van der Waals surface area contributed by atoms with E-state index in [0.29, 0.717) is 35.9 Å². The lowest BCUT2D eigenvalue weighted by Crippen LogP contribution is -2.25. The highest BCUT2D eigenvalue weighted by Gasteiger charge is 2.13. The maximum atomic E-state index is 12.9. The molecule has 0 bridgehead atoms. The maximum Gasteiger partial charge on any atom is 0.273 e. The van der Waals surface area contributed by atoms with Crippen molar-refractivity contribution >= 4 is 17.5 Å². The standard InChI is InChI=1S/C16H14ClFN4O2/c17-12-9-20-22(10-12)7-1-6-19-16(23)14-8-15(24-21-14)11-2-4-13(18)5-3-11/h2-5,8-10H,1,6-7H2,(H,19,23). The zero-order chi connectivity index (χ0) is 16.9. The van der Waals surface area contributed by atoms with Crippen molar-refractivity contribution in [3.05, 3.63) is 59.3 Å². The van der Waals surface area contributed by atoms with E-state index in [1.165, 1.54) is 18.2 Å². The van der Waals surface area contributed by atoms with E-state index in [1.54, 1.807) is 29.2 Å². The van der Waals surface area contributed by atoms with Crippen molar-refractivity contribution in [2.24, 2.45) is 0 Å². The summed E-state index contributed by atoms with van der Waals surface area (Å²) >= 11 is 5.77. The van der Waals surface area contributed by atoms with Crippen LogP contribution in [0.5, 0.6) is 0 Å². The predicted octanol–water partition coefficient (Wildman–Crippen LogP) is 3.15. The third-order valence-electron chi connectivity index (χ3n) is 3.32. The second-order valence-corrected chi connectivity index (χ2v) is 5.55. The van der Waals surface area contributed by atoms with E-state index in [4.69, 9.17) is 16.1 Å². The number of hydrogen-bond donors (Lipinski definition) is 1. The number of nitrogens with one attached hydrogen (secondary N) is 1. The number of hydrogen-bond acceptors (Lipinski definition) is 4. The summed E-state index contributed by atoms with van der Waals surface area (Å²) in [7, 11) is 0. The summed E-state index contributed by atoms with van der Waals surface area (Å²) in [5.41, 5.74) is 0.829. The van der Waals surface area contributed by atoms with Crippen molar-refractivity contribution in [1.29, 1.82) is 0 Å². The Balaban J connectivity index is 1.51. The lowest BCUT2D eigenvalue weighted by atomic mass is 10.1. The molecule has 0 atom stereocenters. The fraction of sp³-hybridized carbons (Fsp3) is 0.188. The van der Waals surface area contributed by atoms with E-state index < -0.39 is 0 Å². The molecule has 0 aliphatic carbocycles. The first kappa shape index (κ1) is 16.2. The second-order valence-electron chi connectivity index (χ2n) is 5.11. The average Bonchev–Trinajstić information content (AvgIpc) is 3.21. The summed E-state index contributed by atoms with van der Waals surface area (Å²) in [6.07, 6.45) is 3.98. The fourth-order valence-electron chi connectivity index (χ4n) is 2.13. The van der Waals surface area contributed by atoms with Crippen molar-refractivity contribution < 1.29 is 13.7 Å². The first-order valence-electron chi connectivity index (χ1n) is 7.30. The van der Waals surface area contributed by atoms with Gasteiger partial charge in [-0.15, -0.1) is 0 Å². The topological polar surface area (TPSA) is 73.0 Å². The molecular formula is C16H14ClFN4O2. The largest absolute Gasteiger partial charge is 0.355 e. The lowest BCUT2D eigenvalue weighted by molar-refractivity contribution is 0.0943. The van der Waals surface area contributed by atoms with Crippen LogP contribution in [0.25, 0.3) is 11.3 Å². The van der Waals surface area contributed by atoms with Gasteiger partial charge >= 0.3 is 0 Å². The van der Waals surface area contributed by atoms with Crippen molar-refractivity contribution in [2.75, 3.05) is 6.54 Å². The second kappa shape index (κ2) is 7.27. The average molecular weight is 349 g/mol. The number of amides is 1. The molecule has 0 aliphatic heterocycles. The van der Waals surface area contributed by atoms with Gasteiger partial charge in [0.25, 0.3) is 5.91 Å². The van der Waals surface area contributed by atoms with Gasteiger partial charge in [-0.2, -0.15) is 5.10 Å². The molecule has 0 saturated heterocycles. The number of aryl methyl sites for hydroxylation is 1.